The monoisotopic (exact) mass is 214 g/mol. The Morgan fingerprint density at radius 1 is 1.27 bits per heavy atom. The van der Waals surface area contributed by atoms with Crippen LogP contribution in [0.15, 0.2) is 0 Å². The molecule has 1 unspecified atom stereocenters. The Morgan fingerprint density at radius 3 is 2.80 bits per heavy atom. The second-order valence-electron chi connectivity index (χ2n) is 4.59. The molecule has 2 aliphatic heterocycles. The smallest absolute Gasteiger partial charge is 0.0829 e. The van der Waals surface area contributed by atoms with Gasteiger partial charge >= 0.3 is 0 Å². The van der Waals surface area contributed by atoms with Crippen LogP contribution >= 0.6 is 0 Å². The number of rotatable bonds is 3. The molecule has 0 saturated carbocycles. The Hall–Kier alpha value is -0.160. The summed E-state index contributed by atoms with van der Waals surface area (Å²) < 4.78 is 5.74. The molecule has 2 saturated heterocycles. The van der Waals surface area contributed by atoms with Gasteiger partial charge in [0.1, 0.15) is 0 Å². The number of likely N-dealkylation sites (N-methyl/N-ethyl adjacent to an activating group) is 1. The average Bonchev–Trinajstić information content (AvgIpc) is 2.64. The first-order valence-electron chi connectivity index (χ1n) is 6.02. The summed E-state index contributed by atoms with van der Waals surface area (Å²) in [6.45, 7) is 9.10. The number of β-amino-alcohol motifs (C(OH)–C–C–N with tert-alkyl or cyclic N) is 1. The SMILES string of the molecule is CCN1CCOC(CN2CC[C@H](O)C2)C1. The molecule has 0 aromatic carbocycles. The quantitative estimate of drug-likeness (QED) is 0.704. The zero-order chi connectivity index (χ0) is 10.7. The van der Waals surface area contributed by atoms with Gasteiger partial charge in [-0.2, -0.15) is 0 Å². The molecule has 2 heterocycles. The predicted octanol–water partition coefficient (Wildman–Crippen LogP) is -0.226. The van der Waals surface area contributed by atoms with Gasteiger partial charge in [0.05, 0.1) is 18.8 Å². The first-order chi connectivity index (χ1) is 7.28. The van der Waals surface area contributed by atoms with Crippen molar-refractivity contribution in [1.29, 1.82) is 0 Å². The van der Waals surface area contributed by atoms with Gasteiger partial charge in [-0.15, -0.1) is 0 Å². The first-order valence-corrected chi connectivity index (χ1v) is 6.02. The standard InChI is InChI=1S/C11H22N2O2/c1-2-12-5-6-15-11(8-12)9-13-4-3-10(14)7-13/h10-11,14H,2-9H2,1H3/t10-,11?/m0/s1. The highest BCUT2D eigenvalue weighted by Gasteiger charge is 2.26. The van der Waals surface area contributed by atoms with E-state index in [1.54, 1.807) is 0 Å². The van der Waals surface area contributed by atoms with Gasteiger partial charge in [-0.3, -0.25) is 9.80 Å². The molecule has 2 rings (SSSR count). The number of aliphatic hydroxyl groups excluding tert-OH is 1. The Bertz CT molecular complexity index is 201. The molecule has 15 heavy (non-hydrogen) atoms. The van der Waals surface area contributed by atoms with Crippen molar-refractivity contribution in [3.63, 3.8) is 0 Å². The van der Waals surface area contributed by atoms with E-state index in [2.05, 4.69) is 16.7 Å². The van der Waals surface area contributed by atoms with E-state index in [1.807, 2.05) is 0 Å². The van der Waals surface area contributed by atoms with Crippen molar-refractivity contribution < 1.29 is 9.84 Å². The molecule has 88 valence electrons. The summed E-state index contributed by atoms with van der Waals surface area (Å²) in [5, 5.41) is 9.43. The summed E-state index contributed by atoms with van der Waals surface area (Å²) in [6, 6.07) is 0. The van der Waals surface area contributed by atoms with E-state index in [0.717, 1.165) is 52.3 Å². The molecule has 2 aliphatic rings. The Labute approximate surface area is 91.8 Å². The van der Waals surface area contributed by atoms with E-state index in [9.17, 15) is 5.11 Å². The molecule has 0 aromatic rings. The van der Waals surface area contributed by atoms with Crippen molar-refractivity contribution in [2.75, 3.05) is 45.9 Å². The fraction of sp³-hybridized carbons (Fsp3) is 1.00. The van der Waals surface area contributed by atoms with Gasteiger partial charge < -0.3 is 9.84 Å². The fourth-order valence-corrected chi connectivity index (χ4v) is 2.44. The Balaban J connectivity index is 1.74. The first kappa shape index (κ1) is 11.3. The largest absolute Gasteiger partial charge is 0.392 e. The van der Waals surface area contributed by atoms with E-state index in [4.69, 9.17) is 4.74 Å². The molecular weight excluding hydrogens is 192 g/mol. The van der Waals surface area contributed by atoms with Crippen molar-refractivity contribution in [2.24, 2.45) is 0 Å². The van der Waals surface area contributed by atoms with E-state index < -0.39 is 0 Å². The third-order valence-corrected chi connectivity index (χ3v) is 3.38. The van der Waals surface area contributed by atoms with Crippen LogP contribution in [0, 0.1) is 0 Å². The summed E-state index contributed by atoms with van der Waals surface area (Å²) in [4.78, 5) is 4.75. The summed E-state index contributed by atoms with van der Waals surface area (Å²) in [5.41, 5.74) is 0. The minimum atomic E-state index is -0.115. The van der Waals surface area contributed by atoms with Crippen LogP contribution in [0.1, 0.15) is 13.3 Å². The molecule has 0 aliphatic carbocycles. The number of hydrogen-bond donors (Lipinski definition) is 1. The van der Waals surface area contributed by atoms with Gasteiger partial charge in [-0.05, 0) is 13.0 Å². The minimum absolute atomic E-state index is 0.115. The highest BCUT2D eigenvalue weighted by molar-refractivity contribution is 4.80. The fourth-order valence-electron chi connectivity index (χ4n) is 2.44. The van der Waals surface area contributed by atoms with Gasteiger partial charge in [0.2, 0.25) is 0 Å². The average molecular weight is 214 g/mol. The zero-order valence-corrected chi connectivity index (χ0v) is 9.56. The van der Waals surface area contributed by atoms with Gasteiger partial charge in [-0.25, -0.2) is 0 Å². The molecule has 4 heteroatoms. The van der Waals surface area contributed by atoms with Crippen molar-refractivity contribution >= 4 is 0 Å². The van der Waals surface area contributed by atoms with Gasteiger partial charge in [0, 0.05) is 32.7 Å². The van der Waals surface area contributed by atoms with Gasteiger partial charge in [0.25, 0.3) is 0 Å². The van der Waals surface area contributed by atoms with E-state index in [1.165, 1.54) is 0 Å². The lowest BCUT2D eigenvalue weighted by Gasteiger charge is -2.34. The number of ether oxygens (including phenoxy) is 1. The number of nitrogens with zero attached hydrogens (tertiary/aromatic N) is 2. The second kappa shape index (κ2) is 5.25. The van der Waals surface area contributed by atoms with Crippen molar-refractivity contribution in [2.45, 2.75) is 25.6 Å². The molecule has 0 bridgehead atoms. The number of hydrogen-bond acceptors (Lipinski definition) is 4. The van der Waals surface area contributed by atoms with Gasteiger partial charge in [-0.1, -0.05) is 6.92 Å². The Kier molecular flexibility index (Phi) is 3.97. The van der Waals surface area contributed by atoms with Crippen LogP contribution in [0.25, 0.3) is 0 Å². The van der Waals surface area contributed by atoms with E-state index >= 15 is 0 Å². The van der Waals surface area contributed by atoms with Crippen LogP contribution in [-0.2, 0) is 4.74 Å². The molecule has 0 amide bonds. The topological polar surface area (TPSA) is 35.9 Å². The molecule has 0 aromatic heterocycles. The lowest BCUT2D eigenvalue weighted by Crippen LogP contribution is -2.47. The molecule has 2 atom stereocenters. The van der Waals surface area contributed by atoms with Crippen LogP contribution in [0.4, 0.5) is 0 Å². The third kappa shape index (κ3) is 3.14. The maximum atomic E-state index is 9.43. The van der Waals surface area contributed by atoms with Crippen molar-refractivity contribution in [3.05, 3.63) is 0 Å². The van der Waals surface area contributed by atoms with Crippen LogP contribution in [0.5, 0.6) is 0 Å². The molecule has 1 N–H and O–H groups in total. The van der Waals surface area contributed by atoms with E-state index in [0.29, 0.717) is 6.10 Å². The number of likely N-dealkylation sites (tertiary alicyclic amines) is 1. The van der Waals surface area contributed by atoms with Crippen LogP contribution in [0.2, 0.25) is 0 Å². The predicted molar refractivity (Wildman–Crippen MR) is 58.9 cm³/mol. The summed E-state index contributed by atoms with van der Waals surface area (Å²) in [5.74, 6) is 0. The summed E-state index contributed by atoms with van der Waals surface area (Å²) in [7, 11) is 0. The maximum Gasteiger partial charge on any atom is 0.0829 e. The second-order valence-corrected chi connectivity index (χ2v) is 4.59. The maximum absolute atomic E-state index is 9.43. The summed E-state index contributed by atoms with van der Waals surface area (Å²) in [6.07, 6.45) is 1.14. The third-order valence-electron chi connectivity index (χ3n) is 3.38. The minimum Gasteiger partial charge on any atom is -0.392 e. The van der Waals surface area contributed by atoms with Crippen molar-refractivity contribution in [3.8, 4) is 0 Å². The number of morpholine rings is 1. The summed E-state index contributed by atoms with van der Waals surface area (Å²) >= 11 is 0. The number of aliphatic hydroxyl groups is 1. The lowest BCUT2D eigenvalue weighted by atomic mass is 10.2. The molecule has 2 fully saturated rings. The molecule has 0 radical (unpaired) electrons. The zero-order valence-electron chi connectivity index (χ0n) is 9.56. The highest BCUT2D eigenvalue weighted by atomic mass is 16.5. The normalized spacial score (nSPS) is 34.8. The molecule has 4 nitrogen and oxygen atoms in total. The Morgan fingerprint density at radius 2 is 2.13 bits per heavy atom. The van der Waals surface area contributed by atoms with Crippen LogP contribution in [-0.4, -0.2) is 73.0 Å². The molecular formula is C11H22N2O2. The highest BCUT2D eigenvalue weighted by Crippen LogP contribution is 2.12. The van der Waals surface area contributed by atoms with Gasteiger partial charge in [0.15, 0.2) is 0 Å². The lowest BCUT2D eigenvalue weighted by molar-refractivity contribution is -0.0401. The van der Waals surface area contributed by atoms with Crippen molar-refractivity contribution in [1.82, 2.24) is 9.80 Å². The van der Waals surface area contributed by atoms with E-state index in [-0.39, 0.29) is 6.10 Å². The van der Waals surface area contributed by atoms with Crippen LogP contribution in [0.3, 0.4) is 0 Å². The molecule has 0 spiro atoms. The van der Waals surface area contributed by atoms with Crippen LogP contribution < -0.4 is 0 Å².